The number of nitrogens with zero attached hydrogens (tertiary/aromatic N) is 1. The monoisotopic (exact) mass is 480 g/mol. The number of nitrogens with two attached hydrogens (primary N) is 2. The van der Waals surface area contributed by atoms with E-state index in [1.807, 2.05) is 13.8 Å². The molecule has 1 aromatic rings. The van der Waals surface area contributed by atoms with Gasteiger partial charge in [0.05, 0.1) is 24.3 Å². The van der Waals surface area contributed by atoms with Crippen LogP contribution in [0.5, 0.6) is 0 Å². The van der Waals surface area contributed by atoms with Gasteiger partial charge in [-0.1, -0.05) is 46.8 Å². The third-order valence-corrected chi connectivity index (χ3v) is 4.29. The van der Waals surface area contributed by atoms with Gasteiger partial charge in [-0.05, 0) is 29.5 Å². The van der Waals surface area contributed by atoms with Crippen molar-refractivity contribution in [3.05, 3.63) is 35.4 Å². The summed E-state index contributed by atoms with van der Waals surface area (Å²) in [7, 11) is 0. The number of nitrogens with one attached hydrogen (secondary N) is 1. The molecule has 1 fully saturated rings. The summed E-state index contributed by atoms with van der Waals surface area (Å²) in [4.78, 5) is 23.6. The minimum Gasteiger partial charge on any atom is -0.394 e. The van der Waals surface area contributed by atoms with Crippen molar-refractivity contribution >= 4 is 12.3 Å². The summed E-state index contributed by atoms with van der Waals surface area (Å²) in [6.07, 6.45) is -3.00. The first-order valence-corrected chi connectivity index (χ1v) is 10.6. The third kappa shape index (κ3) is 13.8. The molecule has 1 aliphatic heterocycles. The molecular formula is C22H39F3N4O4. The molecule has 0 aliphatic carbocycles. The molecule has 8 nitrogen and oxygen atoms in total. The summed E-state index contributed by atoms with van der Waals surface area (Å²) in [6, 6.07) is 3.58. The van der Waals surface area contributed by atoms with E-state index in [1.54, 1.807) is 4.90 Å². The van der Waals surface area contributed by atoms with Gasteiger partial charge in [0.15, 0.2) is 0 Å². The number of likely N-dealkylation sites (tertiary alicyclic amines) is 1. The molecule has 192 valence electrons. The Morgan fingerprint density at radius 2 is 1.73 bits per heavy atom. The zero-order chi connectivity index (χ0) is 26.2. The van der Waals surface area contributed by atoms with Gasteiger partial charge in [-0.2, -0.15) is 13.2 Å². The molecule has 0 aromatic heterocycles. The van der Waals surface area contributed by atoms with Crippen LogP contribution < -0.4 is 17.0 Å². The number of halogens is 3. The van der Waals surface area contributed by atoms with Crippen molar-refractivity contribution in [3.63, 3.8) is 0 Å². The maximum atomic E-state index is 12.2. The van der Waals surface area contributed by atoms with E-state index in [4.69, 9.17) is 5.11 Å². The van der Waals surface area contributed by atoms with Gasteiger partial charge in [0.1, 0.15) is 0 Å². The van der Waals surface area contributed by atoms with Gasteiger partial charge in [0.2, 0.25) is 12.3 Å². The summed E-state index contributed by atoms with van der Waals surface area (Å²) in [5.74, 6) is 8.17. The highest BCUT2D eigenvalue weighted by atomic mass is 19.4. The number of hydrogen-bond acceptors (Lipinski definition) is 6. The predicted molar refractivity (Wildman–Crippen MR) is 121 cm³/mol. The van der Waals surface area contributed by atoms with Crippen LogP contribution in [0.4, 0.5) is 13.2 Å². The summed E-state index contributed by atoms with van der Waals surface area (Å²) in [6.45, 7) is 11.0. The van der Waals surface area contributed by atoms with Crippen molar-refractivity contribution in [1.82, 2.24) is 10.2 Å². The van der Waals surface area contributed by atoms with Crippen LogP contribution in [0.3, 0.4) is 0 Å². The van der Waals surface area contributed by atoms with E-state index in [-0.39, 0.29) is 24.0 Å². The molecule has 1 aromatic carbocycles. The van der Waals surface area contributed by atoms with Gasteiger partial charge in [-0.15, -0.1) is 0 Å². The van der Waals surface area contributed by atoms with Crippen molar-refractivity contribution in [2.45, 2.75) is 65.8 Å². The van der Waals surface area contributed by atoms with Gasteiger partial charge >= 0.3 is 6.18 Å². The van der Waals surface area contributed by atoms with E-state index in [1.165, 1.54) is 12.1 Å². The SMILES string of the molecule is CC.CC(C)(C)CC(=O)N1CCC(O)C1.NN.O=CNC(CO)c1ccc(C(F)(F)F)cc1. The largest absolute Gasteiger partial charge is 0.416 e. The van der Waals surface area contributed by atoms with Crippen LogP contribution in [0, 0.1) is 5.41 Å². The molecule has 1 aliphatic rings. The van der Waals surface area contributed by atoms with Crippen LogP contribution in [-0.2, 0) is 15.8 Å². The van der Waals surface area contributed by atoms with Crippen LogP contribution in [0.25, 0.3) is 0 Å². The number of amides is 2. The molecule has 1 saturated heterocycles. The van der Waals surface area contributed by atoms with Gasteiger partial charge in [-0.25, -0.2) is 0 Å². The minimum atomic E-state index is -4.38. The van der Waals surface area contributed by atoms with Crippen molar-refractivity contribution in [2.75, 3.05) is 19.7 Å². The molecule has 0 spiro atoms. The van der Waals surface area contributed by atoms with E-state index in [0.29, 0.717) is 24.9 Å². The molecule has 7 N–H and O–H groups in total. The Morgan fingerprint density at radius 1 is 1.21 bits per heavy atom. The van der Waals surface area contributed by atoms with Crippen molar-refractivity contribution in [2.24, 2.45) is 17.1 Å². The Hall–Kier alpha value is -2.21. The standard InChI is InChI=1S/C10H10F3NO2.C10H19NO2.C2H6.H4N2/c11-10(12,13)8-3-1-7(2-4-8)9(5-15)14-6-16;1-10(2,3)6-9(13)11-5-4-8(12)7-11;2*1-2/h1-4,6,9,15H,5H2,(H,14,16);8,12H,4-7H2,1-3H3;1-2H3;1-2H2. The quantitative estimate of drug-likeness (QED) is 0.249. The van der Waals surface area contributed by atoms with Gasteiger partial charge < -0.3 is 20.4 Å². The van der Waals surface area contributed by atoms with E-state index >= 15 is 0 Å². The number of alkyl halides is 3. The zero-order valence-corrected chi connectivity index (χ0v) is 20.0. The topological polar surface area (TPSA) is 142 Å². The lowest BCUT2D eigenvalue weighted by atomic mass is 9.92. The van der Waals surface area contributed by atoms with Crippen LogP contribution >= 0.6 is 0 Å². The minimum absolute atomic E-state index is 0.0463. The lowest BCUT2D eigenvalue weighted by Crippen LogP contribution is -2.32. The number of rotatable bonds is 5. The van der Waals surface area contributed by atoms with Gasteiger partial charge in [0, 0.05) is 19.5 Å². The smallest absolute Gasteiger partial charge is 0.394 e. The molecule has 33 heavy (non-hydrogen) atoms. The molecule has 0 radical (unpaired) electrons. The number of aliphatic hydroxyl groups excluding tert-OH is 2. The number of hydrogen-bond donors (Lipinski definition) is 5. The first kappa shape index (κ1) is 33.0. The highest BCUT2D eigenvalue weighted by molar-refractivity contribution is 5.77. The second-order valence-electron chi connectivity index (χ2n) is 8.16. The molecule has 11 heteroatoms. The Balaban J connectivity index is 0. The number of aliphatic hydroxyl groups is 2. The second-order valence-corrected chi connectivity index (χ2v) is 8.16. The van der Waals surface area contributed by atoms with Crippen molar-refractivity contribution in [1.29, 1.82) is 0 Å². The van der Waals surface area contributed by atoms with Crippen molar-refractivity contribution in [3.8, 4) is 0 Å². The molecular weight excluding hydrogens is 441 g/mol. The number of carbonyl (C=O) groups excluding carboxylic acids is 2. The number of β-amino-alcohol motifs (C(OH)–C–C–N with tert-alkyl or cyclic N) is 1. The Morgan fingerprint density at radius 3 is 2.06 bits per heavy atom. The molecule has 2 rings (SSSR count). The highest BCUT2D eigenvalue weighted by Gasteiger charge is 2.30. The highest BCUT2D eigenvalue weighted by Crippen LogP contribution is 2.29. The van der Waals surface area contributed by atoms with Crippen LogP contribution in [-0.4, -0.2) is 53.2 Å². The first-order valence-electron chi connectivity index (χ1n) is 10.6. The fourth-order valence-corrected chi connectivity index (χ4v) is 2.77. The third-order valence-electron chi connectivity index (χ3n) is 4.29. The van der Waals surface area contributed by atoms with Crippen molar-refractivity contribution < 1.29 is 33.0 Å². The number of hydrazine groups is 1. The molecule has 2 unspecified atom stereocenters. The maximum Gasteiger partial charge on any atom is 0.416 e. The molecule has 1 heterocycles. The van der Waals surface area contributed by atoms with Gasteiger partial charge in [0.25, 0.3) is 0 Å². The summed E-state index contributed by atoms with van der Waals surface area (Å²) >= 11 is 0. The first-order chi connectivity index (χ1) is 15.4. The van der Waals surface area contributed by atoms with E-state index < -0.39 is 17.8 Å². The normalized spacial score (nSPS) is 16.1. The molecule has 0 bridgehead atoms. The maximum absolute atomic E-state index is 12.2. The van der Waals surface area contributed by atoms with Crippen LogP contribution in [0.1, 0.15) is 64.6 Å². The zero-order valence-electron chi connectivity index (χ0n) is 20.0. The fourth-order valence-electron chi connectivity index (χ4n) is 2.77. The number of benzene rings is 1. The number of carbonyl (C=O) groups is 2. The van der Waals surface area contributed by atoms with E-state index in [9.17, 15) is 27.9 Å². The molecule has 2 amide bonds. The average molecular weight is 481 g/mol. The Labute approximate surface area is 194 Å². The second kappa shape index (κ2) is 16.4. The summed E-state index contributed by atoms with van der Waals surface area (Å²) in [5, 5.41) is 20.4. The average Bonchev–Trinajstić information content (AvgIpc) is 3.20. The lowest BCUT2D eigenvalue weighted by molar-refractivity contribution is -0.137. The van der Waals surface area contributed by atoms with Crippen LogP contribution in [0.15, 0.2) is 24.3 Å². The molecule has 2 atom stereocenters. The fraction of sp³-hybridized carbons (Fsp3) is 0.636. The van der Waals surface area contributed by atoms with Crippen LogP contribution in [0.2, 0.25) is 0 Å². The van der Waals surface area contributed by atoms with E-state index in [0.717, 1.165) is 25.1 Å². The lowest BCUT2D eigenvalue weighted by Gasteiger charge is -2.22. The predicted octanol–water partition coefficient (Wildman–Crippen LogP) is 2.35. The summed E-state index contributed by atoms with van der Waals surface area (Å²) in [5.41, 5.74) is -0.299. The van der Waals surface area contributed by atoms with E-state index in [2.05, 4.69) is 37.8 Å². The van der Waals surface area contributed by atoms with Gasteiger partial charge in [-0.3, -0.25) is 21.3 Å². The molecule has 0 saturated carbocycles. The Bertz CT molecular complexity index is 665. The Kier molecular flexibility index (Phi) is 16.4. The summed E-state index contributed by atoms with van der Waals surface area (Å²) < 4.78 is 36.7.